The third-order valence-electron chi connectivity index (χ3n) is 1.46. The van der Waals surface area contributed by atoms with E-state index in [2.05, 4.69) is 0 Å². The van der Waals surface area contributed by atoms with Gasteiger partial charge in [-0.25, -0.2) is 0 Å². The van der Waals surface area contributed by atoms with Crippen molar-refractivity contribution in [1.29, 1.82) is 5.26 Å². The van der Waals surface area contributed by atoms with Crippen LogP contribution in [0.4, 0.5) is 0 Å². The van der Waals surface area contributed by atoms with Gasteiger partial charge in [0.05, 0.1) is 32.6 Å². The van der Waals surface area contributed by atoms with E-state index in [4.69, 9.17) is 51.7 Å². The third-order valence-corrected chi connectivity index (χ3v) is 3.11. The third kappa shape index (κ3) is 2.21. The number of halogens is 4. The van der Waals surface area contributed by atoms with E-state index in [1.807, 2.05) is 6.07 Å². The van der Waals surface area contributed by atoms with Gasteiger partial charge in [-0.05, 0) is 6.07 Å². The minimum absolute atomic E-state index is 0.0952. The van der Waals surface area contributed by atoms with Crippen LogP contribution < -0.4 is 0 Å². The van der Waals surface area contributed by atoms with Crippen molar-refractivity contribution < 1.29 is 0 Å². The second-order valence-corrected chi connectivity index (χ2v) is 3.85. The van der Waals surface area contributed by atoms with Gasteiger partial charge in [0.15, 0.2) is 0 Å². The Bertz CT molecular complexity index is 354. The fourth-order valence-corrected chi connectivity index (χ4v) is 1.84. The minimum Gasteiger partial charge on any atom is -0.198 e. The molecule has 0 bridgehead atoms. The van der Waals surface area contributed by atoms with Crippen LogP contribution in [0.3, 0.4) is 0 Å². The molecule has 0 aliphatic rings. The normalized spacial score (nSPS) is 9.77. The van der Waals surface area contributed by atoms with Gasteiger partial charge in [-0.3, -0.25) is 0 Å². The molecule has 68 valence electrons. The molecule has 1 aromatic carbocycles. The number of hydrogen-bond donors (Lipinski definition) is 0. The molecular formula is C8H3Cl4N. The van der Waals surface area contributed by atoms with Crippen molar-refractivity contribution in [3.8, 4) is 6.07 Å². The summed E-state index contributed by atoms with van der Waals surface area (Å²) >= 11 is 23.1. The van der Waals surface area contributed by atoms with E-state index in [1.54, 1.807) is 0 Å². The summed E-state index contributed by atoms with van der Waals surface area (Å²) < 4.78 is 0. The lowest BCUT2D eigenvalue weighted by molar-refractivity contribution is 1.26. The topological polar surface area (TPSA) is 23.8 Å². The lowest BCUT2D eigenvalue weighted by Crippen LogP contribution is -1.87. The van der Waals surface area contributed by atoms with Crippen LogP contribution in [0.15, 0.2) is 6.07 Å². The van der Waals surface area contributed by atoms with E-state index in [1.165, 1.54) is 6.07 Å². The molecule has 0 saturated heterocycles. The van der Waals surface area contributed by atoms with Gasteiger partial charge in [0.2, 0.25) is 0 Å². The number of nitriles is 1. The van der Waals surface area contributed by atoms with E-state index in [9.17, 15) is 0 Å². The van der Waals surface area contributed by atoms with Crippen LogP contribution in [0.1, 0.15) is 5.56 Å². The molecule has 0 atom stereocenters. The van der Waals surface area contributed by atoms with Crippen LogP contribution in [0.5, 0.6) is 0 Å². The van der Waals surface area contributed by atoms with Gasteiger partial charge in [0.1, 0.15) is 0 Å². The summed E-state index contributed by atoms with van der Waals surface area (Å²) in [5, 5.41) is 9.69. The number of hydrogen-bond acceptors (Lipinski definition) is 1. The zero-order chi connectivity index (χ0) is 10.0. The molecule has 0 radical (unpaired) electrons. The summed E-state index contributed by atoms with van der Waals surface area (Å²) in [4.78, 5) is 0. The van der Waals surface area contributed by atoms with Crippen molar-refractivity contribution in [3.05, 3.63) is 31.7 Å². The molecule has 0 aromatic heterocycles. The maximum absolute atomic E-state index is 8.50. The maximum atomic E-state index is 8.50. The van der Waals surface area contributed by atoms with Crippen molar-refractivity contribution in [2.75, 3.05) is 0 Å². The first-order valence-corrected chi connectivity index (χ1v) is 4.78. The van der Waals surface area contributed by atoms with Crippen LogP contribution in [0.25, 0.3) is 0 Å². The van der Waals surface area contributed by atoms with Crippen LogP contribution in [-0.4, -0.2) is 0 Å². The first kappa shape index (κ1) is 10.9. The molecule has 0 fully saturated rings. The smallest absolute Gasteiger partial charge is 0.0670 e. The summed E-state index contributed by atoms with van der Waals surface area (Å²) in [5.41, 5.74) is 0.475. The van der Waals surface area contributed by atoms with Gasteiger partial charge in [-0.15, -0.1) is 0 Å². The quantitative estimate of drug-likeness (QED) is 0.683. The Labute approximate surface area is 95.8 Å². The van der Waals surface area contributed by atoms with Crippen LogP contribution >= 0.6 is 46.4 Å². The monoisotopic (exact) mass is 253 g/mol. The molecular weight excluding hydrogens is 252 g/mol. The first-order chi connectivity index (χ1) is 6.07. The second-order valence-electron chi connectivity index (χ2n) is 2.28. The SMILES string of the molecule is N#CCc1c(Cl)c(Cl)cc(Cl)c1Cl. The van der Waals surface area contributed by atoms with Gasteiger partial charge < -0.3 is 0 Å². The average molecular weight is 255 g/mol. The molecule has 1 nitrogen and oxygen atoms in total. The molecule has 0 unspecified atom stereocenters. The number of nitrogens with zero attached hydrogens (tertiary/aromatic N) is 1. The molecule has 0 saturated carbocycles. The summed E-state index contributed by atoms with van der Waals surface area (Å²) in [6, 6.07) is 3.39. The molecule has 0 spiro atoms. The highest BCUT2D eigenvalue weighted by molar-refractivity contribution is 6.48. The van der Waals surface area contributed by atoms with Crippen LogP contribution in [0, 0.1) is 11.3 Å². The van der Waals surface area contributed by atoms with E-state index < -0.39 is 0 Å². The average Bonchev–Trinajstić information content (AvgIpc) is 2.09. The van der Waals surface area contributed by atoms with Crippen molar-refractivity contribution in [2.45, 2.75) is 6.42 Å². The molecule has 1 rings (SSSR count). The van der Waals surface area contributed by atoms with E-state index >= 15 is 0 Å². The highest BCUT2D eigenvalue weighted by Gasteiger charge is 2.12. The molecule has 0 aliphatic carbocycles. The molecule has 5 heteroatoms. The molecule has 0 amide bonds. The fraction of sp³-hybridized carbons (Fsp3) is 0.125. The fourth-order valence-electron chi connectivity index (χ4n) is 0.857. The van der Waals surface area contributed by atoms with Crippen LogP contribution in [0.2, 0.25) is 20.1 Å². The van der Waals surface area contributed by atoms with E-state index in [0.717, 1.165) is 0 Å². The van der Waals surface area contributed by atoms with Gasteiger partial charge in [-0.2, -0.15) is 5.26 Å². The Morgan fingerprint density at radius 2 is 1.54 bits per heavy atom. The minimum atomic E-state index is 0.0952. The first-order valence-electron chi connectivity index (χ1n) is 3.26. The van der Waals surface area contributed by atoms with E-state index in [-0.39, 0.29) is 16.5 Å². The Hall–Kier alpha value is -0.130. The Morgan fingerprint density at radius 3 is 1.92 bits per heavy atom. The van der Waals surface area contributed by atoms with E-state index in [0.29, 0.717) is 15.6 Å². The van der Waals surface area contributed by atoms with Crippen molar-refractivity contribution >= 4 is 46.4 Å². The summed E-state index contributed by atoms with van der Waals surface area (Å²) in [6.45, 7) is 0. The van der Waals surface area contributed by atoms with Crippen LogP contribution in [-0.2, 0) is 6.42 Å². The van der Waals surface area contributed by atoms with Crippen molar-refractivity contribution in [1.82, 2.24) is 0 Å². The standard InChI is InChI=1S/C8H3Cl4N/c9-5-3-6(10)8(12)4(1-2-13)7(5)11/h3H,1H2. The Balaban J connectivity index is 3.39. The van der Waals surface area contributed by atoms with Crippen molar-refractivity contribution in [3.63, 3.8) is 0 Å². The molecule has 0 N–H and O–H groups in total. The van der Waals surface area contributed by atoms with Crippen molar-refractivity contribution in [2.24, 2.45) is 0 Å². The number of benzene rings is 1. The second kappa shape index (κ2) is 4.39. The molecule has 0 aliphatic heterocycles. The predicted molar refractivity (Wildman–Crippen MR) is 55.8 cm³/mol. The Morgan fingerprint density at radius 1 is 1.08 bits per heavy atom. The summed E-state index contributed by atoms with van der Waals surface area (Å²) in [5.74, 6) is 0. The lowest BCUT2D eigenvalue weighted by atomic mass is 10.1. The lowest BCUT2D eigenvalue weighted by Gasteiger charge is -2.06. The summed E-state index contributed by atoms with van der Waals surface area (Å²) in [6.07, 6.45) is 0.0952. The molecule has 0 heterocycles. The highest BCUT2D eigenvalue weighted by atomic mass is 35.5. The molecule has 13 heavy (non-hydrogen) atoms. The zero-order valence-corrected chi connectivity index (χ0v) is 9.27. The van der Waals surface area contributed by atoms with Gasteiger partial charge in [0, 0.05) is 5.56 Å². The van der Waals surface area contributed by atoms with Gasteiger partial charge in [-0.1, -0.05) is 46.4 Å². The predicted octanol–water partition coefficient (Wildman–Crippen LogP) is 4.37. The van der Waals surface area contributed by atoms with Gasteiger partial charge in [0.25, 0.3) is 0 Å². The summed E-state index contributed by atoms with van der Waals surface area (Å²) in [7, 11) is 0. The van der Waals surface area contributed by atoms with Gasteiger partial charge >= 0.3 is 0 Å². The largest absolute Gasteiger partial charge is 0.198 e. The zero-order valence-electron chi connectivity index (χ0n) is 6.24. The Kier molecular flexibility index (Phi) is 3.70. The molecule has 1 aromatic rings. The maximum Gasteiger partial charge on any atom is 0.0670 e. The highest BCUT2D eigenvalue weighted by Crippen LogP contribution is 2.37. The number of rotatable bonds is 1.